The number of amides is 2. The van der Waals surface area contributed by atoms with E-state index in [1.54, 1.807) is 0 Å². The molecule has 0 bridgehead atoms. The van der Waals surface area contributed by atoms with E-state index in [4.69, 9.17) is 0 Å². The van der Waals surface area contributed by atoms with Gasteiger partial charge in [0.1, 0.15) is 0 Å². The minimum Gasteiger partial charge on any atom is -0.334 e. The predicted octanol–water partition coefficient (Wildman–Crippen LogP) is 2.75. The number of rotatable bonds is 3. The fraction of sp³-hybridized carbons (Fsp3) is 0.714. The number of hydrogen-bond donors (Lipinski definition) is 2. The molecule has 1 aromatic rings. The van der Waals surface area contributed by atoms with Crippen molar-refractivity contribution in [3.63, 3.8) is 0 Å². The van der Waals surface area contributed by atoms with Gasteiger partial charge in [-0.05, 0) is 47.1 Å². The van der Waals surface area contributed by atoms with Crippen molar-refractivity contribution in [3.8, 4) is 0 Å². The zero-order valence-electron chi connectivity index (χ0n) is 12.7. The molecule has 112 valence electrons. The molecule has 5 nitrogen and oxygen atoms in total. The molecule has 1 aromatic heterocycles. The molecule has 0 saturated carbocycles. The van der Waals surface area contributed by atoms with Gasteiger partial charge in [-0.1, -0.05) is 0 Å². The smallest absolute Gasteiger partial charge is 0.321 e. The average molecular weight is 296 g/mol. The molecule has 2 amide bonds. The zero-order valence-corrected chi connectivity index (χ0v) is 13.5. The van der Waals surface area contributed by atoms with Crippen LogP contribution in [0.25, 0.3) is 0 Å². The monoisotopic (exact) mass is 296 g/mol. The summed E-state index contributed by atoms with van der Waals surface area (Å²) >= 11 is 1.52. The third-order valence-corrected chi connectivity index (χ3v) is 4.76. The number of thiazole rings is 1. The van der Waals surface area contributed by atoms with Crippen molar-refractivity contribution in [2.75, 3.05) is 18.4 Å². The molecule has 1 aliphatic heterocycles. The Morgan fingerprint density at radius 1 is 1.45 bits per heavy atom. The lowest BCUT2D eigenvalue weighted by Gasteiger charge is -2.35. The van der Waals surface area contributed by atoms with E-state index in [2.05, 4.69) is 34.4 Å². The Morgan fingerprint density at radius 3 is 2.80 bits per heavy atom. The van der Waals surface area contributed by atoms with Gasteiger partial charge >= 0.3 is 6.03 Å². The van der Waals surface area contributed by atoms with Crippen molar-refractivity contribution in [2.45, 2.75) is 52.6 Å². The predicted molar refractivity (Wildman–Crippen MR) is 83.5 cm³/mol. The number of aromatic nitrogens is 1. The second-order valence-electron chi connectivity index (χ2n) is 5.69. The maximum Gasteiger partial charge on any atom is 0.321 e. The summed E-state index contributed by atoms with van der Waals surface area (Å²) in [6.07, 6.45) is 2.19. The topological polar surface area (TPSA) is 57.3 Å². The molecule has 1 aliphatic rings. The summed E-state index contributed by atoms with van der Waals surface area (Å²) in [5.74, 6) is 0. The lowest BCUT2D eigenvalue weighted by molar-refractivity contribution is 0.156. The van der Waals surface area contributed by atoms with Crippen LogP contribution in [-0.2, 0) is 0 Å². The van der Waals surface area contributed by atoms with Gasteiger partial charge in [-0.25, -0.2) is 9.78 Å². The van der Waals surface area contributed by atoms with Crippen LogP contribution in [0.5, 0.6) is 0 Å². The number of urea groups is 1. The van der Waals surface area contributed by atoms with Crippen LogP contribution in [0.3, 0.4) is 0 Å². The first-order valence-corrected chi connectivity index (χ1v) is 8.03. The SMILES string of the molecule is Cc1nc(NC(=O)N[C@@H]2CCCN(C(C)C)C2)sc1C. The molecule has 0 aromatic carbocycles. The van der Waals surface area contributed by atoms with E-state index in [1.165, 1.54) is 11.3 Å². The second kappa shape index (κ2) is 6.54. The molecule has 2 heterocycles. The molecule has 1 saturated heterocycles. The van der Waals surface area contributed by atoms with Gasteiger partial charge in [-0.2, -0.15) is 0 Å². The Kier molecular flexibility index (Phi) is 4.99. The summed E-state index contributed by atoms with van der Waals surface area (Å²) in [5, 5.41) is 6.56. The van der Waals surface area contributed by atoms with Crippen LogP contribution < -0.4 is 10.6 Å². The normalized spacial score (nSPS) is 20.1. The number of carbonyl (C=O) groups is 1. The number of aryl methyl sites for hydroxylation is 2. The first-order valence-electron chi connectivity index (χ1n) is 7.21. The Labute approximate surface area is 124 Å². The minimum atomic E-state index is -0.144. The molecule has 1 atom stereocenters. The summed E-state index contributed by atoms with van der Waals surface area (Å²) in [7, 11) is 0. The van der Waals surface area contributed by atoms with Crippen LogP contribution in [0, 0.1) is 13.8 Å². The van der Waals surface area contributed by atoms with Gasteiger partial charge in [0.2, 0.25) is 0 Å². The number of hydrogen-bond acceptors (Lipinski definition) is 4. The molecular weight excluding hydrogens is 272 g/mol. The Balaban J connectivity index is 1.85. The number of anilines is 1. The summed E-state index contributed by atoms with van der Waals surface area (Å²) in [5.41, 5.74) is 0.981. The van der Waals surface area contributed by atoms with Gasteiger partial charge in [-0.3, -0.25) is 10.2 Å². The van der Waals surface area contributed by atoms with Gasteiger partial charge in [0.15, 0.2) is 5.13 Å². The zero-order chi connectivity index (χ0) is 14.7. The highest BCUT2D eigenvalue weighted by molar-refractivity contribution is 7.15. The maximum atomic E-state index is 12.0. The Hall–Kier alpha value is -1.14. The molecule has 6 heteroatoms. The number of likely N-dealkylation sites (tertiary alicyclic amines) is 1. The van der Waals surface area contributed by atoms with Crippen molar-refractivity contribution < 1.29 is 4.79 Å². The number of piperidine rings is 1. The standard InChI is InChI=1S/C14H24N4OS/c1-9(2)18-7-5-6-12(8-18)16-13(19)17-14-15-10(3)11(4)20-14/h9,12H,5-8H2,1-4H3,(H2,15,16,17,19)/t12-/m1/s1. The summed E-state index contributed by atoms with van der Waals surface area (Å²) in [4.78, 5) is 19.9. The van der Waals surface area contributed by atoms with Crippen LogP contribution in [0.4, 0.5) is 9.93 Å². The van der Waals surface area contributed by atoms with Crippen LogP contribution in [0.1, 0.15) is 37.3 Å². The van der Waals surface area contributed by atoms with Crippen molar-refractivity contribution in [2.24, 2.45) is 0 Å². The van der Waals surface area contributed by atoms with Crippen LogP contribution in [0.15, 0.2) is 0 Å². The molecule has 0 spiro atoms. The summed E-state index contributed by atoms with van der Waals surface area (Å²) in [6, 6.07) is 0.620. The first-order chi connectivity index (χ1) is 9.45. The van der Waals surface area contributed by atoms with Crippen molar-refractivity contribution in [3.05, 3.63) is 10.6 Å². The van der Waals surface area contributed by atoms with Crippen molar-refractivity contribution in [1.29, 1.82) is 0 Å². The van der Waals surface area contributed by atoms with E-state index >= 15 is 0 Å². The molecule has 2 N–H and O–H groups in total. The lowest BCUT2D eigenvalue weighted by atomic mass is 10.0. The number of nitrogens with zero attached hydrogens (tertiary/aromatic N) is 2. The molecule has 0 radical (unpaired) electrons. The Morgan fingerprint density at radius 2 is 2.20 bits per heavy atom. The highest BCUT2D eigenvalue weighted by Crippen LogP contribution is 2.21. The maximum absolute atomic E-state index is 12.0. The fourth-order valence-corrected chi connectivity index (χ4v) is 3.25. The molecule has 0 unspecified atom stereocenters. The summed E-state index contributed by atoms with van der Waals surface area (Å²) in [6.45, 7) is 10.4. The van der Waals surface area contributed by atoms with Crippen LogP contribution >= 0.6 is 11.3 Å². The highest BCUT2D eigenvalue weighted by atomic mass is 32.1. The summed E-state index contributed by atoms with van der Waals surface area (Å²) < 4.78 is 0. The van der Waals surface area contributed by atoms with E-state index in [0.717, 1.165) is 36.5 Å². The van der Waals surface area contributed by atoms with E-state index in [0.29, 0.717) is 11.2 Å². The van der Waals surface area contributed by atoms with E-state index in [9.17, 15) is 4.79 Å². The average Bonchev–Trinajstić information content (AvgIpc) is 2.68. The molecule has 2 rings (SSSR count). The highest BCUT2D eigenvalue weighted by Gasteiger charge is 2.23. The van der Waals surface area contributed by atoms with E-state index in [-0.39, 0.29) is 12.1 Å². The first kappa shape index (κ1) is 15.3. The number of nitrogens with one attached hydrogen (secondary N) is 2. The van der Waals surface area contributed by atoms with E-state index in [1.807, 2.05) is 13.8 Å². The number of carbonyl (C=O) groups excluding carboxylic acids is 1. The molecule has 20 heavy (non-hydrogen) atoms. The third kappa shape index (κ3) is 3.93. The fourth-order valence-electron chi connectivity index (χ4n) is 2.44. The van der Waals surface area contributed by atoms with Crippen LogP contribution in [0.2, 0.25) is 0 Å². The second-order valence-corrected chi connectivity index (χ2v) is 6.89. The van der Waals surface area contributed by atoms with Gasteiger partial charge in [0.05, 0.1) is 5.69 Å². The Bertz CT molecular complexity index is 452. The van der Waals surface area contributed by atoms with Crippen molar-refractivity contribution in [1.82, 2.24) is 15.2 Å². The van der Waals surface area contributed by atoms with Gasteiger partial charge < -0.3 is 5.32 Å². The molecule has 1 fully saturated rings. The van der Waals surface area contributed by atoms with Gasteiger partial charge in [-0.15, -0.1) is 11.3 Å². The van der Waals surface area contributed by atoms with E-state index < -0.39 is 0 Å². The minimum absolute atomic E-state index is 0.144. The largest absolute Gasteiger partial charge is 0.334 e. The molecular formula is C14H24N4OS. The molecule has 0 aliphatic carbocycles. The van der Waals surface area contributed by atoms with Gasteiger partial charge in [0.25, 0.3) is 0 Å². The van der Waals surface area contributed by atoms with Gasteiger partial charge in [0, 0.05) is 23.5 Å². The van der Waals surface area contributed by atoms with Crippen LogP contribution in [-0.4, -0.2) is 41.1 Å². The lowest BCUT2D eigenvalue weighted by Crippen LogP contribution is -2.50. The third-order valence-electron chi connectivity index (χ3n) is 3.77. The van der Waals surface area contributed by atoms with Crippen molar-refractivity contribution >= 4 is 22.5 Å². The quantitative estimate of drug-likeness (QED) is 0.901.